The van der Waals surface area contributed by atoms with Crippen LogP contribution in [0.25, 0.3) is 0 Å². The highest BCUT2D eigenvalue weighted by Gasteiger charge is 2.24. The third-order valence-electron chi connectivity index (χ3n) is 3.16. The van der Waals surface area contributed by atoms with Crippen molar-refractivity contribution in [2.75, 3.05) is 25.0 Å². The summed E-state index contributed by atoms with van der Waals surface area (Å²) < 4.78 is 0. The molecule has 1 fully saturated rings. The predicted molar refractivity (Wildman–Crippen MR) is 69.6 cm³/mol. The van der Waals surface area contributed by atoms with Crippen molar-refractivity contribution in [3.8, 4) is 0 Å². The largest absolute Gasteiger partial charge is 0.369 e. The second-order valence-electron chi connectivity index (χ2n) is 4.25. The number of carbonyl (C=O) groups is 1. The first kappa shape index (κ1) is 12.2. The Hall–Kier alpha value is -1.26. The molecule has 1 aliphatic heterocycles. The van der Waals surface area contributed by atoms with Crippen LogP contribution in [0.1, 0.15) is 16.8 Å². The predicted octanol–water partition coefficient (Wildman–Crippen LogP) is 1.24. The monoisotopic (exact) mass is 253 g/mol. The number of benzene rings is 1. The fourth-order valence-electron chi connectivity index (χ4n) is 2.20. The van der Waals surface area contributed by atoms with E-state index in [9.17, 15) is 4.79 Å². The van der Waals surface area contributed by atoms with E-state index in [1.54, 1.807) is 12.1 Å². The highest BCUT2D eigenvalue weighted by molar-refractivity contribution is 6.31. The van der Waals surface area contributed by atoms with Crippen molar-refractivity contribution in [2.24, 2.45) is 5.73 Å². The second-order valence-corrected chi connectivity index (χ2v) is 4.68. The van der Waals surface area contributed by atoms with Gasteiger partial charge in [0.1, 0.15) is 0 Å². The Morgan fingerprint density at radius 1 is 1.59 bits per heavy atom. The molecule has 92 valence electrons. The third kappa shape index (κ3) is 2.53. The average molecular weight is 254 g/mol. The van der Waals surface area contributed by atoms with Crippen molar-refractivity contribution in [2.45, 2.75) is 12.5 Å². The molecule has 2 rings (SSSR count). The van der Waals surface area contributed by atoms with Crippen LogP contribution in [0.3, 0.4) is 0 Å². The van der Waals surface area contributed by atoms with Gasteiger partial charge in [0.05, 0.1) is 5.56 Å². The van der Waals surface area contributed by atoms with E-state index in [0.29, 0.717) is 16.6 Å². The van der Waals surface area contributed by atoms with Gasteiger partial charge in [-0.15, -0.1) is 0 Å². The van der Waals surface area contributed by atoms with E-state index < -0.39 is 5.91 Å². The molecule has 0 radical (unpaired) electrons. The molecular weight excluding hydrogens is 238 g/mol. The van der Waals surface area contributed by atoms with Gasteiger partial charge in [0.2, 0.25) is 0 Å². The number of anilines is 1. The first-order valence-electron chi connectivity index (χ1n) is 5.63. The van der Waals surface area contributed by atoms with E-state index in [-0.39, 0.29) is 0 Å². The SMILES string of the molecule is CNC1CCN(c2ccc(Cl)cc2C(N)=O)C1. The molecule has 0 saturated carbocycles. The lowest BCUT2D eigenvalue weighted by molar-refractivity contribution is 0.100. The summed E-state index contributed by atoms with van der Waals surface area (Å²) in [7, 11) is 1.95. The van der Waals surface area contributed by atoms with Crippen LogP contribution >= 0.6 is 11.6 Å². The van der Waals surface area contributed by atoms with Gasteiger partial charge in [-0.1, -0.05) is 11.6 Å². The molecule has 1 unspecified atom stereocenters. The normalized spacial score (nSPS) is 19.6. The lowest BCUT2D eigenvalue weighted by atomic mass is 10.1. The van der Waals surface area contributed by atoms with Gasteiger partial charge >= 0.3 is 0 Å². The zero-order valence-electron chi connectivity index (χ0n) is 9.74. The molecule has 4 nitrogen and oxygen atoms in total. The Kier molecular flexibility index (Phi) is 3.54. The number of amides is 1. The van der Waals surface area contributed by atoms with Crippen LogP contribution < -0.4 is 16.0 Å². The van der Waals surface area contributed by atoms with Crippen LogP contribution in [0.15, 0.2) is 18.2 Å². The van der Waals surface area contributed by atoms with Gasteiger partial charge < -0.3 is 16.0 Å². The molecule has 0 spiro atoms. The number of hydrogen-bond acceptors (Lipinski definition) is 3. The molecule has 1 aromatic carbocycles. The lowest BCUT2D eigenvalue weighted by Crippen LogP contribution is -2.30. The molecule has 0 aliphatic carbocycles. The topological polar surface area (TPSA) is 58.4 Å². The minimum Gasteiger partial charge on any atom is -0.369 e. The molecule has 1 amide bonds. The van der Waals surface area contributed by atoms with Crippen molar-refractivity contribution < 1.29 is 4.79 Å². The van der Waals surface area contributed by atoms with Crippen molar-refractivity contribution in [1.82, 2.24) is 5.32 Å². The molecule has 0 aromatic heterocycles. The summed E-state index contributed by atoms with van der Waals surface area (Å²) in [5, 5.41) is 3.77. The minimum atomic E-state index is -0.435. The Balaban J connectivity index is 2.29. The van der Waals surface area contributed by atoms with Crippen LogP contribution in [0.4, 0.5) is 5.69 Å². The van der Waals surface area contributed by atoms with E-state index in [1.165, 1.54) is 0 Å². The van der Waals surface area contributed by atoms with E-state index in [2.05, 4.69) is 10.2 Å². The number of hydrogen-bond donors (Lipinski definition) is 2. The van der Waals surface area contributed by atoms with Gasteiger partial charge in [0.25, 0.3) is 5.91 Å². The van der Waals surface area contributed by atoms with E-state index >= 15 is 0 Å². The second kappa shape index (κ2) is 4.94. The standard InChI is InChI=1S/C12H16ClN3O/c1-15-9-4-5-16(7-9)11-3-2-8(13)6-10(11)12(14)17/h2-3,6,9,15H,4-5,7H2,1H3,(H2,14,17). The molecule has 1 heterocycles. The summed E-state index contributed by atoms with van der Waals surface area (Å²) in [5.74, 6) is -0.435. The Bertz CT molecular complexity index is 436. The average Bonchev–Trinajstić information content (AvgIpc) is 2.77. The molecular formula is C12H16ClN3O. The maximum Gasteiger partial charge on any atom is 0.250 e. The van der Waals surface area contributed by atoms with Crippen molar-refractivity contribution in [3.63, 3.8) is 0 Å². The van der Waals surface area contributed by atoms with Crippen LogP contribution in [0, 0.1) is 0 Å². The zero-order chi connectivity index (χ0) is 12.4. The molecule has 5 heteroatoms. The van der Waals surface area contributed by atoms with Gasteiger partial charge in [-0.25, -0.2) is 0 Å². The van der Waals surface area contributed by atoms with Crippen molar-refractivity contribution in [3.05, 3.63) is 28.8 Å². The Morgan fingerprint density at radius 3 is 2.94 bits per heavy atom. The summed E-state index contributed by atoms with van der Waals surface area (Å²) in [6, 6.07) is 5.74. The number of primary amides is 1. The summed E-state index contributed by atoms with van der Waals surface area (Å²) in [6.45, 7) is 1.81. The maximum absolute atomic E-state index is 11.4. The number of halogens is 1. The zero-order valence-corrected chi connectivity index (χ0v) is 10.5. The van der Waals surface area contributed by atoms with E-state index in [0.717, 1.165) is 25.2 Å². The molecule has 0 bridgehead atoms. The third-order valence-corrected chi connectivity index (χ3v) is 3.40. The molecule has 1 aliphatic rings. The van der Waals surface area contributed by atoms with Gasteiger partial charge in [-0.2, -0.15) is 0 Å². The maximum atomic E-state index is 11.4. The molecule has 1 saturated heterocycles. The summed E-state index contributed by atoms with van der Waals surface area (Å²) in [6.07, 6.45) is 1.07. The number of nitrogens with one attached hydrogen (secondary N) is 1. The smallest absolute Gasteiger partial charge is 0.250 e. The van der Waals surface area contributed by atoms with Crippen LogP contribution in [0.5, 0.6) is 0 Å². The highest BCUT2D eigenvalue weighted by atomic mass is 35.5. The van der Waals surface area contributed by atoms with Gasteiger partial charge in [-0.3, -0.25) is 4.79 Å². The number of likely N-dealkylation sites (N-methyl/N-ethyl adjacent to an activating group) is 1. The van der Waals surface area contributed by atoms with E-state index in [4.69, 9.17) is 17.3 Å². The number of nitrogens with two attached hydrogens (primary N) is 1. The number of nitrogens with zero attached hydrogens (tertiary/aromatic N) is 1. The van der Waals surface area contributed by atoms with Gasteiger partial charge in [-0.05, 0) is 31.7 Å². The first-order valence-corrected chi connectivity index (χ1v) is 6.01. The van der Waals surface area contributed by atoms with E-state index in [1.807, 2.05) is 13.1 Å². The Morgan fingerprint density at radius 2 is 2.35 bits per heavy atom. The fourth-order valence-corrected chi connectivity index (χ4v) is 2.37. The molecule has 1 aromatic rings. The van der Waals surface area contributed by atoms with Crippen molar-refractivity contribution >= 4 is 23.2 Å². The fraction of sp³-hybridized carbons (Fsp3) is 0.417. The number of carbonyl (C=O) groups excluding carboxylic acids is 1. The summed E-state index contributed by atoms with van der Waals surface area (Å²) in [4.78, 5) is 13.6. The Labute approximate surface area is 106 Å². The van der Waals surface area contributed by atoms with Crippen LogP contribution in [-0.2, 0) is 0 Å². The van der Waals surface area contributed by atoms with Crippen LogP contribution in [-0.4, -0.2) is 32.1 Å². The quantitative estimate of drug-likeness (QED) is 0.852. The van der Waals surface area contributed by atoms with Crippen LogP contribution in [0.2, 0.25) is 5.02 Å². The van der Waals surface area contributed by atoms with Gasteiger partial charge in [0, 0.05) is 29.8 Å². The molecule has 1 atom stereocenters. The molecule has 17 heavy (non-hydrogen) atoms. The summed E-state index contributed by atoms with van der Waals surface area (Å²) in [5.41, 5.74) is 6.75. The summed E-state index contributed by atoms with van der Waals surface area (Å²) >= 11 is 5.88. The highest BCUT2D eigenvalue weighted by Crippen LogP contribution is 2.27. The lowest BCUT2D eigenvalue weighted by Gasteiger charge is -2.21. The van der Waals surface area contributed by atoms with Crippen molar-refractivity contribution in [1.29, 1.82) is 0 Å². The van der Waals surface area contributed by atoms with Gasteiger partial charge in [0.15, 0.2) is 0 Å². The number of rotatable bonds is 3. The first-order chi connectivity index (χ1) is 8.11. The molecule has 3 N–H and O–H groups in total. The minimum absolute atomic E-state index is 0.435.